The third-order valence-electron chi connectivity index (χ3n) is 5.92. The minimum atomic E-state index is -0.0176. The standard InChI is InChI=1S/C26H53NO2/c1-4-7-9-11-12-13-14-15-16-17-18-19-21-25-29-26(28)22-24-27(6-3)23-20-10-8-5-2/h4-25H2,1-3H3. The number of hydrogen-bond donors (Lipinski definition) is 0. The van der Waals surface area contributed by atoms with Crippen molar-refractivity contribution in [1.82, 2.24) is 4.90 Å². The largest absolute Gasteiger partial charge is 0.466 e. The lowest BCUT2D eigenvalue weighted by Crippen LogP contribution is -2.27. The molecule has 0 unspecified atom stereocenters. The number of hydrogen-bond acceptors (Lipinski definition) is 3. The second-order valence-electron chi connectivity index (χ2n) is 8.71. The van der Waals surface area contributed by atoms with Crippen LogP contribution < -0.4 is 0 Å². The van der Waals surface area contributed by atoms with Crippen LogP contribution in [0.25, 0.3) is 0 Å². The van der Waals surface area contributed by atoms with E-state index in [1.165, 1.54) is 103 Å². The molecule has 0 aliphatic rings. The third-order valence-corrected chi connectivity index (χ3v) is 5.92. The Labute approximate surface area is 183 Å². The van der Waals surface area contributed by atoms with Gasteiger partial charge in [-0.3, -0.25) is 4.79 Å². The summed E-state index contributed by atoms with van der Waals surface area (Å²) in [5, 5.41) is 0. The lowest BCUT2D eigenvalue weighted by molar-refractivity contribution is -0.144. The summed E-state index contributed by atoms with van der Waals surface area (Å²) >= 11 is 0. The van der Waals surface area contributed by atoms with Crippen LogP contribution in [-0.4, -0.2) is 37.1 Å². The molecule has 0 bridgehead atoms. The van der Waals surface area contributed by atoms with Gasteiger partial charge in [0.2, 0.25) is 0 Å². The lowest BCUT2D eigenvalue weighted by Gasteiger charge is -2.19. The summed E-state index contributed by atoms with van der Waals surface area (Å²) in [6.45, 7) is 10.3. The van der Waals surface area contributed by atoms with E-state index in [2.05, 4.69) is 25.7 Å². The van der Waals surface area contributed by atoms with Gasteiger partial charge in [-0.25, -0.2) is 0 Å². The first-order valence-corrected chi connectivity index (χ1v) is 13.1. The molecule has 29 heavy (non-hydrogen) atoms. The Morgan fingerprint density at radius 2 is 1.03 bits per heavy atom. The Bertz CT molecular complexity index is 333. The summed E-state index contributed by atoms with van der Waals surface area (Å²) in [5.41, 5.74) is 0. The molecule has 0 aliphatic heterocycles. The maximum absolute atomic E-state index is 11.9. The number of nitrogens with zero attached hydrogens (tertiary/aromatic N) is 1. The highest BCUT2D eigenvalue weighted by atomic mass is 16.5. The van der Waals surface area contributed by atoms with Crippen molar-refractivity contribution in [1.29, 1.82) is 0 Å². The van der Waals surface area contributed by atoms with Crippen LogP contribution in [0.1, 0.15) is 136 Å². The van der Waals surface area contributed by atoms with E-state index in [1.54, 1.807) is 0 Å². The molecule has 0 aromatic heterocycles. The van der Waals surface area contributed by atoms with E-state index in [1.807, 2.05) is 0 Å². The van der Waals surface area contributed by atoms with Crippen molar-refractivity contribution in [3.63, 3.8) is 0 Å². The summed E-state index contributed by atoms with van der Waals surface area (Å²) in [6, 6.07) is 0. The van der Waals surface area contributed by atoms with Gasteiger partial charge in [0.15, 0.2) is 0 Å². The molecule has 0 N–H and O–H groups in total. The molecule has 0 saturated carbocycles. The molecular formula is C26H53NO2. The monoisotopic (exact) mass is 411 g/mol. The fourth-order valence-electron chi connectivity index (χ4n) is 3.82. The van der Waals surface area contributed by atoms with Crippen molar-refractivity contribution in [3.8, 4) is 0 Å². The number of carbonyl (C=O) groups excluding carboxylic acids is 1. The van der Waals surface area contributed by atoms with Crippen LogP contribution in [0, 0.1) is 0 Å². The van der Waals surface area contributed by atoms with Crippen LogP contribution in [0.5, 0.6) is 0 Å². The summed E-state index contributed by atoms with van der Waals surface area (Å²) in [4.78, 5) is 14.3. The Balaban J connectivity index is 3.34. The molecule has 3 heteroatoms. The number of carbonyl (C=O) groups is 1. The molecular weight excluding hydrogens is 358 g/mol. The highest BCUT2D eigenvalue weighted by Gasteiger charge is 2.07. The van der Waals surface area contributed by atoms with E-state index >= 15 is 0 Å². The van der Waals surface area contributed by atoms with Crippen LogP contribution in [0.3, 0.4) is 0 Å². The second kappa shape index (κ2) is 23.7. The van der Waals surface area contributed by atoms with Gasteiger partial charge in [0.05, 0.1) is 13.0 Å². The summed E-state index contributed by atoms with van der Waals surface area (Å²) in [6.07, 6.45) is 23.2. The molecule has 0 rings (SSSR count). The lowest BCUT2D eigenvalue weighted by atomic mass is 10.0. The van der Waals surface area contributed by atoms with Crippen LogP contribution in [-0.2, 0) is 9.53 Å². The molecule has 3 nitrogen and oxygen atoms in total. The van der Waals surface area contributed by atoms with Gasteiger partial charge < -0.3 is 9.64 Å². The van der Waals surface area contributed by atoms with Gasteiger partial charge in [-0.05, 0) is 25.9 Å². The summed E-state index contributed by atoms with van der Waals surface area (Å²) < 4.78 is 5.41. The first kappa shape index (κ1) is 28.4. The van der Waals surface area contributed by atoms with Crippen LogP contribution >= 0.6 is 0 Å². The normalized spacial score (nSPS) is 11.3. The minimum absolute atomic E-state index is 0.0176. The first-order chi connectivity index (χ1) is 14.2. The number of esters is 1. The van der Waals surface area contributed by atoms with E-state index in [0.717, 1.165) is 26.1 Å². The van der Waals surface area contributed by atoms with E-state index in [0.29, 0.717) is 13.0 Å². The quantitative estimate of drug-likeness (QED) is 0.126. The fraction of sp³-hybridized carbons (Fsp3) is 0.962. The predicted octanol–water partition coefficient (Wildman–Crippen LogP) is 7.91. The number of unbranched alkanes of at least 4 members (excludes halogenated alkanes) is 15. The number of rotatable bonds is 23. The smallest absolute Gasteiger partial charge is 0.307 e. The Hall–Kier alpha value is -0.570. The molecule has 0 aromatic rings. The van der Waals surface area contributed by atoms with Crippen LogP contribution in [0.2, 0.25) is 0 Å². The zero-order valence-electron chi connectivity index (χ0n) is 20.3. The second-order valence-corrected chi connectivity index (χ2v) is 8.71. The van der Waals surface area contributed by atoms with E-state index in [4.69, 9.17) is 4.74 Å². The van der Waals surface area contributed by atoms with Gasteiger partial charge >= 0.3 is 5.97 Å². The molecule has 0 amide bonds. The highest BCUT2D eigenvalue weighted by molar-refractivity contribution is 5.69. The van der Waals surface area contributed by atoms with Crippen molar-refractivity contribution in [3.05, 3.63) is 0 Å². The van der Waals surface area contributed by atoms with Crippen molar-refractivity contribution >= 4 is 5.97 Å². The summed E-state index contributed by atoms with van der Waals surface area (Å²) in [7, 11) is 0. The Morgan fingerprint density at radius 1 is 0.586 bits per heavy atom. The molecule has 0 aromatic carbocycles. The zero-order valence-corrected chi connectivity index (χ0v) is 20.3. The molecule has 0 fully saturated rings. The van der Waals surface area contributed by atoms with Gasteiger partial charge in [-0.15, -0.1) is 0 Å². The average molecular weight is 412 g/mol. The van der Waals surface area contributed by atoms with Gasteiger partial charge in [-0.1, -0.05) is 117 Å². The Morgan fingerprint density at radius 3 is 1.52 bits per heavy atom. The van der Waals surface area contributed by atoms with Crippen LogP contribution in [0.15, 0.2) is 0 Å². The number of ether oxygens (including phenoxy) is 1. The van der Waals surface area contributed by atoms with Gasteiger partial charge in [-0.2, -0.15) is 0 Å². The SMILES string of the molecule is CCCCCCCCCCCCCCCOC(=O)CCN(CC)CCCCCC. The van der Waals surface area contributed by atoms with Gasteiger partial charge in [0, 0.05) is 6.54 Å². The maximum atomic E-state index is 11.9. The van der Waals surface area contributed by atoms with E-state index in [-0.39, 0.29) is 5.97 Å². The van der Waals surface area contributed by atoms with Gasteiger partial charge in [0.1, 0.15) is 0 Å². The van der Waals surface area contributed by atoms with Crippen molar-refractivity contribution in [2.24, 2.45) is 0 Å². The Kier molecular flexibility index (Phi) is 23.2. The molecule has 174 valence electrons. The highest BCUT2D eigenvalue weighted by Crippen LogP contribution is 2.12. The fourth-order valence-corrected chi connectivity index (χ4v) is 3.82. The first-order valence-electron chi connectivity index (χ1n) is 13.1. The molecule has 0 heterocycles. The molecule has 0 spiro atoms. The molecule has 0 atom stereocenters. The average Bonchev–Trinajstić information content (AvgIpc) is 2.73. The van der Waals surface area contributed by atoms with Crippen molar-refractivity contribution < 1.29 is 9.53 Å². The van der Waals surface area contributed by atoms with Crippen LogP contribution in [0.4, 0.5) is 0 Å². The molecule has 0 aliphatic carbocycles. The third kappa shape index (κ3) is 21.9. The topological polar surface area (TPSA) is 29.5 Å². The van der Waals surface area contributed by atoms with Crippen molar-refractivity contribution in [2.75, 3.05) is 26.2 Å². The van der Waals surface area contributed by atoms with Gasteiger partial charge in [0.25, 0.3) is 0 Å². The minimum Gasteiger partial charge on any atom is -0.466 e. The zero-order chi connectivity index (χ0) is 21.4. The maximum Gasteiger partial charge on any atom is 0.307 e. The van der Waals surface area contributed by atoms with Crippen molar-refractivity contribution in [2.45, 2.75) is 136 Å². The van der Waals surface area contributed by atoms with E-state index in [9.17, 15) is 4.79 Å². The predicted molar refractivity (Wildman–Crippen MR) is 128 cm³/mol. The molecule has 0 saturated heterocycles. The molecule has 0 radical (unpaired) electrons. The summed E-state index contributed by atoms with van der Waals surface area (Å²) in [5.74, 6) is -0.0176. The van der Waals surface area contributed by atoms with E-state index < -0.39 is 0 Å².